The smallest absolute Gasteiger partial charge is 0.241 e. The molecule has 0 spiro atoms. The summed E-state index contributed by atoms with van der Waals surface area (Å²) < 4.78 is 0. The Morgan fingerprint density at radius 1 is 1.16 bits per heavy atom. The first-order valence-corrected chi connectivity index (χ1v) is 8.68. The second-order valence-electron chi connectivity index (χ2n) is 6.69. The molecule has 0 aliphatic carbocycles. The Balaban J connectivity index is 0.00000156. The predicted octanol–water partition coefficient (Wildman–Crippen LogP) is 2.07. The number of nitrogens with one attached hydrogen (secondary N) is 2. The first-order valence-electron chi connectivity index (χ1n) is 8.68. The third-order valence-corrected chi connectivity index (χ3v) is 5.08. The number of carbonyl (C=O) groups is 1. The van der Waals surface area contributed by atoms with E-state index in [4.69, 9.17) is 0 Å². The molecular weight excluding hydrogens is 359 g/mol. The number of hydrogen-bond donors (Lipinski definition) is 2. The number of piperazine rings is 1. The molecule has 25 heavy (non-hydrogen) atoms. The van der Waals surface area contributed by atoms with Crippen LogP contribution in [0, 0.1) is 13.8 Å². The lowest BCUT2D eigenvalue weighted by Gasteiger charge is -2.32. The minimum absolute atomic E-state index is 0. The van der Waals surface area contributed by atoms with E-state index in [1.54, 1.807) is 0 Å². The number of anilines is 1. The van der Waals surface area contributed by atoms with Gasteiger partial charge in [0.2, 0.25) is 5.91 Å². The summed E-state index contributed by atoms with van der Waals surface area (Å²) in [6, 6.07) is 6.75. The fourth-order valence-corrected chi connectivity index (χ4v) is 3.68. The third kappa shape index (κ3) is 5.48. The minimum atomic E-state index is 0. The van der Waals surface area contributed by atoms with Crippen molar-refractivity contribution < 1.29 is 4.79 Å². The van der Waals surface area contributed by atoms with Crippen LogP contribution in [0.25, 0.3) is 0 Å². The van der Waals surface area contributed by atoms with Crippen LogP contribution >= 0.6 is 24.8 Å². The van der Waals surface area contributed by atoms with Crippen molar-refractivity contribution in [1.29, 1.82) is 0 Å². The molecule has 2 N–H and O–H groups in total. The van der Waals surface area contributed by atoms with Gasteiger partial charge in [-0.2, -0.15) is 0 Å². The molecule has 2 aliphatic rings. The van der Waals surface area contributed by atoms with Crippen molar-refractivity contribution in [2.75, 3.05) is 51.1 Å². The Bertz CT molecular complexity index is 544. The molecule has 0 aromatic heterocycles. The summed E-state index contributed by atoms with van der Waals surface area (Å²) in [6.45, 7) is 10.7. The van der Waals surface area contributed by atoms with Crippen LogP contribution in [0.1, 0.15) is 17.5 Å². The number of halogens is 2. The summed E-state index contributed by atoms with van der Waals surface area (Å²) in [7, 11) is 0. The van der Waals surface area contributed by atoms with Crippen LogP contribution in [0.4, 0.5) is 5.69 Å². The zero-order valence-corrected chi connectivity index (χ0v) is 16.7. The maximum absolute atomic E-state index is 12.5. The number of amides is 1. The Kier molecular flexibility index (Phi) is 9.00. The van der Waals surface area contributed by atoms with E-state index in [2.05, 4.69) is 47.6 Å². The van der Waals surface area contributed by atoms with Crippen molar-refractivity contribution in [2.45, 2.75) is 26.3 Å². The molecule has 1 aromatic rings. The van der Waals surface area contributed by atoms with Crippen molar-refractivity contribution in [2.24, 2.45) is 0 Å². The summed E-state index contributed by atoms with van der Waals surface area (Å²) in [5.74, 6) is 0.213. The highest BCUT2D eigenvalue weighted by molar-refractivity contribution is 5.85. The van der Waals surface area contributed by atoms with Crippen molar-refractivity contribution in [3.63, 3.8) is 0 Å². The zero-order chi connectivity index (χ0) is 16.2. The molecule has 0 bridgehead atoms. The predicted molar refractivity (Wildman–Crippen MR) is 108 cm³/mol. The minimum Gasteiger partial charge on any atom is -0.376 e. The number of benzene rings is 1. The van der Waals surface area contributed by atoms with Crippen LogP contribution in [0.5, 0.6) is 0 Å². The van der Waals surface area contributed by atoms with Gasteiger partial charge < -0.3 is 15.5 Å². The van der Waals surface area contributed by atoms with E-state index in [0.717, 1.165) is 51.4 Å². The monoisotopic (exact) mass is 388 g/mol. The van der Waals surface area contributed by atoms with Gasteiger partial charge in [-0.05, 0) is 31.4 Å². The number of carbonyl (C=O) groups excluding carboxylic acids is 1. The molecule has 2 saturated heterocycles. The van der Waals surface area contributed by atoms with E-state index in [1.165, 1.54) is 11.1 Å². The van der Waals surface area contributed by atoms with Gasteiger partial charge in [-0.3, -0.25) is 9.69 Å². The Hall–Kier alpha value is -1.01. The fraction of sp³-hybridized carbons (Fsp3) is 0.611. The SMILES string of the molecule is Cc1cccc(C)c1NCC(=O)N1CCC(N2CCNCC2)C1.Cl.Cl. The van der Waals surface area contributed by atoms with Crippen LogP contribution in [-0.2, 0) is 4.79 Å². The van der Waals surface area contributed by atoms with Gasteiger partial charge in [0.15, 0.2) is 0 Å². The summed E-state index contributed by atoms with van der Waals surface area (Å²) in [5, 5.41) is 6.73. The molecule has 1 amide bonds. The molecular formula is C18H30Cl2N4O. The van der Waals surface area contributed by atoms with Crippen molar-refractivity contribution >= 4 is 36.4 Å². The normalized spacial score (nSPS) is 20.6. The maximum Gasteiger partial charge on any atom is 0.241 e. The van der Waals surface area contributed by atoms with Gasteiger partial charge in [-0.25, -0.2) is 0 Å². The van der Waals surface area contributed by atoms with Crippen LogP contribution < -0.4 is 10.6 Å². The van der Waals surface area contributed by atoms with Gasteiger partial charge in [-0.1, -0.05) is 18.2 Å². The number of hydrogen-bond acceptors (Lipinski definition) is 4. The average molecular weight is 389 g/mol. The number of nitrogens with zero attached hydrogens (tertiary/aromatic N) is 2. The van der Waals surface area contributed by atoms with Crippen molar-refractivity contribution in [3.05, 3.63) is 29.3 Å². The standard InChI is InChI=1S/C18H28N4O.2ClH/c1-14-4-3-5-15(2)18(14)20-12-17(23)22-9-6-16(13-22)21-10-7-19-8-11-21;;/h3-5,16,19-20H,6-13H2,1-2H3;2*1H. The maximum atomic E-state index is 12.5. The second-order valence-corrected chi connectivity index (χ2v) is 6.69. The zero-order valence-electron chi connectivity index (χ0n) is 15.1. The van der Waals surface area contributed by atoms with E-state index in [1.807, 2.05) is 4.90 Å². The van der Waals surface area contributed by atoms with Crippen molar-refractivity contribution in [1.82, 2.24) is 15.1 Å². The summed E-state index contributed by atoms with van der Waals surface area (Å²) >= 11 is 0. The van der Waals surface area contributed by atoms with E-state index in [0.29, 0.717) is 12.6 Å². The largest absolute Gasteiger partial charge is 0.376 e. The number of para-hydroxylation sites is 1. The molecule has 142 valence electrons. The van der Waals surface area contributed by atoms with Gasteiger partial charge in [0, 0.05) is 51.0 Å². The highest BCUT2D eigenvalue weighted by Gasteiger charge is 2.30. The van der Waals surface area contributed by atoms with E-state index in [9.17, 15) is 4.79 Å². The van der Waals surface area contributed by atoms with Crippen LogP contribution in [0.3, 0.4) is 0 Å². The highest BCUT2D eigenvalue weighted by Crippen LogP contribution is 2.20. The van der Waals surface area contributed by atoms with Crippen LogP contribution in [-0.4, -0.2) is 67.6 Å². The number of rotatable bonds is 4. The Labute approximate surface area is 163 Å². The molecule has 1 unspecified atom stereocenters. The molecule has 0 radical (unpaired) electrons. The molecule has 3 rings (SSSR count). The van der Waals surface area contributed by atoms with Crippen LogP contribution in [0.2, 0.25) is 0 Å². The number of aryl methyl sites for hydroxylation is 2. The summed E-state index contributed by atoms with van der Waals surface area (Å²) in [5.41, 5.74) is 3.48. The molecule has 7 heteroatoms. The van der Waals surface area contributed by atoms with Crippen molar-refractivity contribution in [3.8, 4) is 0 Å². The third-order valence-electron chi connectivity index (χ3n) is 5.08. The van der Waals surface area contributed by atoms with E-state index >= 15 is 0 Å². The quantitative estimate of drug-likeness (QED) is 0.828. The topological polar surface area (TPSA) is 47.6 Å². The molecule has 1 aromatic carbocycles. The van der Waals surface area contributed by atoms with Gasteiger partial charge >= 0.3 is 0 Å². The number of likely N-dealkylation sites (tertiary alicyclic amines) is 1. The summed E-state index contributed by atoms with van der Waals surface area (Å²) in [6.07, 6.45) is 1.11. The lowest BCUT2D eigenvalue weighted by Crippen LogP contribution is -2.49. The molecule has 5 nitrogen and oxygen atoms in total. The van der Waals surface area contributed by atoms with E-state index < -0.39 is 0 Å². The molecule has 2 aliphatic heterocycles. The molecule has 2 heterocycles. The molecule has 0 saturated carbocycles. The van der Waals surface area contributed by atoms with Gasteiger partial charge in [0.05, 0.1) is 6.54 Å². The lowest BCUT2D eigenvalue weighted by atomic mass is 10.1. The fourth-order valence-electron chi connectivity index (χ4n) is 3.68. The first kappa shape index (κ1) is 22.0. The Morgan fingerprint density at radius 3 is 2.44 bits per heavy atom. The highest BCUT2D eigenvalue weighted by atomic mass is 35.5. The summed E-state index contributed by atoms with van der Waals surface area (Å²) in [4.78, 5) is 17.1. The van der Waals surface area contributed by atoms with Crippen LogP contribution in [0.15, 0.2) is 18.2 Å². The van der Waals surface area contributed by atoms with E-state index in [-0.39, 0.29) is 30.7 Å². The van der Waals surface area contributed by atoms with Gasteiger partial charge in [0.25, 0.3) is 0 Å². The lowest BCUT2D eigenvalue weighted by molar-refractivity contribution is -0.128. The van der Waals surface area contributed by atoms with Gasteiger partial charge in [0.1, 0.15) is 0 Å². The first-order chi connectivity index (χ1) is 11.1. The average Bonchev–Trinajstić information content (AvgIpc) is 3.05. The second kappa shape index (κ2) is 10.2. The molecule has 2 fully saturated rings. The van der Waals surface area contributed by atoms with Gasteiger partial charge in [-0.15, -0.1) is 24.8 Å². The molecule has 1 atom stereocenters. The Morgan fingerprint density at radius 2 is 1.80 bits per heavy atom.